The number of hydrogen-bond acceptors (Lipinski definition) is 4. The van der Waals surface area contributed by atoms with Crippen molar-refractivity contribution >= 4 is 17.6 Å². The molecule has 8 heteroatoms. The zero-order valence-corrected chi connectivity index (χ0v) is 14.2. The summed E-state index contributed by atoms with van der Waals surface area (Å²) in [5, 5.41) is 18.1. The highest BCUT2D eigenvalue weighted by Crippen LogP contribution is 2.14. The number of anilines is 1. The quantitative estimate of drug-likeness (QED) is 0.765. The molecule has 1 atom stereocenters. The standard InChI is InChI=1S/C16H21N7O/c1-10(9-13-11(2)21-22(4)12(13)3)17-16(24)18-15-20-19-14-7-5-6-8-23(14)15/h5-8,10H,9H2,1-4H3,(H2,17,18,20,24)/t10-/m0/s1. The summed E-state index contributed by atoms with van der Waals surface area (Å²) >= 11 is 0. The molecule has 0 aromatic carbocycles. The lowest BCUT2D eigenvalue weighted by Crippen LogP contribution is -2.38. The van der Waals surface area contributed by atoms with Gasteiger partial charge in [-0.15, -0.1) is 10.2 Å². The monoisotopic (exact) mass is 327 g/mol. The number of carbonyl (C=O) groups is 1. The predicted molar refractivity (Wildman–Crippen MR) is 91.0 cm³/mol. The Kier molecular flexibility index (Phi) is 4.20. The largest absolute Gasteiger partial charge is 0.335 e. The summed E-state index contributed by atoms with van der Waals surface area (Å²) in [7, 11) is 1.92. The van der Waals surface area contributed by atoms with Crippen LogP contribution >= 0.6 is 0 Å². The number of rotatable bonds is 4. The zero-order chi connectivity index (χ0) is 17.3. The number of fused-ring (bicyclic) bond motifs is 1. The first-order valence-electron chi connectivity index (χ1n) is 7.82. The Labute approximate surface area is 139 Å². The van der Waals surface area contributed by atoms with E-state index in [1.165, 1.54) is 5.56 Å². The van der Waals surface area contributed by atoms with Crippen molar-refractivity contribution in [2.45, 2.75) is 33.2 Å². The molecule has 3 aromatic heterocycles. The van der Waals surface area contributed by atoms with Gasteiger partial charge in [-0.2, -0.15) is 5.10 Å². The molecule has 24 heavy (non-hydrogen) atoms. The van der Waals surface area contributed by atoms with Gasteiger partial charge in [-0.25, -0.2) is 4.79 Å². The van der Waals surface area contributed by atoms with Gasteiger partial charge < -0.3 is 5.32 Å². The fourth-order valence-electron chi connectivity index (χ4n) is 2.76. The average Bonchev–Trinajstić information content (AvgIpc) is 3.04. The molecule has 8 nitrogen and oxygen atoms in total. The van der Waals surface area contributed by atoms with Crippen LogP contribution in [0.4, 0.5) is 10.7 Å². The van der Waals surface area contributed by atoms with Crippen molar-refractivity contribution in [1.29, 1.82) is 0 Å². The van der Waals surface area contributed by atoms with Crippen molar-refractivity contribution in [3.8, 4) is 0 Å². The second kappa shape index (κ2) is 6.31. The van der Waals surface area contributed by atoms with Crippen molar-refractivity contribution in [3.05, 3.63) is 41.3 Å². The number of hydrogen-bond donors (Lipinski definition) is 2. The van der Waals surface area contributed by atoms with Crippen LogP contribution in [-0.2, 0) is 13.5 Å². The zero-order valence-electron chi connectivity index (χ0n) is 14.2. The molecule has 0 aliphatic rings. The molecule has 0 saturated carbocycles. The number of aryl methyl sites for hydroxylation is 2. The Morgan fingerprint density at radius 2 is 2.08 bits per heavy atom. The summed E-state index contributed by atoms with van der Waals surface area (Å²) in [4.78, 5) is 12.2. The molecule has 0 radical (unpaired) electrons. The minimum Gasteiger partial charge on any atom is -0.335 e. The number of nitrogens with one attached hydrogen (secondary N) is 2. The fourth-order valence-corrected chi connectivity index (χ4v) is 2.76. The molecule has 0 fully saturated rings. The average molecular weight is 327 g/mol. The van der Waals surface area contributed by atoms with E-state index in [-0.39, 0.29) is 12.1 Å². The lowest BCUT2D eigenvalue weighted by Gasteiger charge is -2.14. The SMILES string of the molecule is Cc1nn(C)c(C)c1C[C@H](C)NC(=O)Nc1nnc2ccccn12. The van der Waals surface area contributed by atoms with Crippen LogP contribution < -0.4 is 10.6 Å². The van der Waals surface area contributed by atoms with E-state index < -0.39 is 0 Å². The van der Waals surface area contributed by atoms with Crippen LogP contribution in [0.5, 0.6) is 0 Å². The maximum absolute atomic E-state index is 12.2. The smallest absolute Gasteiger partial charge is 0.321 e. The highest BCUT2D eigenvalue weighted by atomic mass is 16.2. The Hall–Kier alpha value is -2.90. The van der Waals surface area contributed by atoms with Crippen molar-refractivity contribution < 1.29 is 4.79 Å². The molecule has 126 valence electrons. The summed E-state index contributed by atoms with van der Waals surface area (Å²) in [5.41, 5.74) is 3.96. The van der Waals surface area contributed by atoms with Gasteiger partial charge in [-0.3, -0.25) is 14.4 Å². The molecule has 3 heterocycles. The number of amides is 2. The Morgan fingerprint density at radius 1 is 1.29 bits per heavy atom. The maximum atomic E-state index is 12.2. The van der Waals surface area contributed by atoms with Gasteiger partial charge in [0.1, 0.15) is 0 Å². The van der Waals surface area contributed by atoms with E-state index in [1.807, 2.05) is 50.7 Å². The summed E-state index contributed by atoms with van der Waals surface area (Å²) in [6, 6.07) is 5.21. The highest BCUT2D eigenvalue weighted by Gasteiger charge is 2.15. The van der Waals surface area contributed by atoms with Crippen LogP contribution in [0.25, 0.3) is 5.65 Å². The number of aromatic nitrogens is 5. The van der Waals surface area contributed by atoms with E-state index in [2.05, 4.69) is 25.9 Å². The van der Waals surface area contributed by atoms with Crippen molar-refractivity contribution in [2.75, 3.05) is 5.32 Å². The molecule has 2 N–H and O–H groups in total. The highest BCUT2D eigenvalue weighted by molar-refractivity contribution is 5.88. The van der Waals surface area contributed by atoms with Crippen LogP contribution in [0, 0.1) is 13.8 Å². The molecule has 0 bridgehead atoms. The van der Waals surface area contributed by atoms with Crippen molar-refractivity contribution in [3.63, 3.8) is 0 Å². The molecule has 0 saturated heterocycles. The summed E-state index contributed by atoms with van der Waals surface area (Å²) < 4.78 is 3.58. The first-order valence-corrected chi connectivity index (χ1v) is 7.82. The van der Waals surface area contributed by atoms with Gasteiger partial charge >= 0.3 is 6.03 Å². The molecule has 0 aliphatic heterocycles. The Bertz CT molecular complexity index is 880. The number of nitrogens with zero attached hydrogens (tertiary/aromatic N) is 5. The minimum atomic E-state index is -0.306. The first kappa shape index (κ1) is 16.0. The van der Waals surface area contributed by atoms with Crippen LogP contribution in [0.15, 0.2) is 24.4 Å². The van der Waals surface area contributed by atoms with Crippen LogP contribution in [0.3, 0.4) is 0 Å². The summed E-state index contributed by atoms with van der Waals surface area (Å²) in [5.74, 6) is 0.393. The van der Waals surface area contributed by atoms with Gasteiger partial charge in [0.2, 0.25) is 5.95 Å². The normalized spacial score (nSPS) is 12.3. The third-order valence-electron chi connectivity index (χ3n) is 4.09. The molecule has 0 aliphatic carbocycles. The fraction of sp³-hybridized carbons (Fsp3) is 0.375. The van der Waals surface area contributed by atoms with E-state index in [9.17, 15) is 4.79 Å². The van der Waals surface area contributed by atoms with Gasteiger partial charge in [0.25, 0.3) is 0 Å². The van der Waals surface area contributed by atoms with E-state index in [1.54, 1.807) is 10.6 Å². The van der Waals surface area contributed by atoms with Gasteiger partial charge in [0.05, 0.1) is 5.69 Å². The Morgan fingerprint density at radius 3 is 2.79 bits per heavy atom. The van der Waals surface area contributed by atoms with E-state index >= 15 is 0 Å². The van der Waals surface area contributed by atoms with Crippen molar-refractivity contribution in [2.24, 2.45) is 7.05 Å². The Balaban J connectivity index is 1.64. The minimum absolute atomic E-state index is 0.0363. The molecule has 2 amide bonds. The predicted octanol–water partition coefficient (Wildman–Crippen LogP) is 1.83. The molecular weight excluding hydrogens is 306 g/mol. The molecular formula is C16H21N7O. The van der Waals surface area contributed by atoms with Crippen LogP contribution in [-0.4, -0.2) is 36.5 Å². The molecule has 3 rings (SSSR count). The van der Waals surface area contributed by atoms with Crippen LogP contribution in [0.1, 0.15) is 23.9 Å². The lowest BCUT2D eigenvalue weighted by atomic mass is 10.1. The first-order chi connectivity index (χ1) is 11.5. The second-order valence-electron chi connectivity index (χ2n) is 5.93. The van der Waals surface area contributed by atoms with Gasteiger partial charge in [0, 0.05) is 25.0 Å². The number of urea groups is 1. The summed E-state index contributed by atoms with van der Waals surface area (Å²) in [6.07, 6.45) is 2.52. The van der Waals surface area contributed by atoms with Gasteiger partial charge in [-0.1, -0.05) is 6.07 Å². The van der Waals surface area contributed by atoms with E-state index in [0.717, 1.165) is 17.8 Å². The van der Waals surface area contributed by atoms with Crippen LogP contribution in [0.2, 0.25) is 0 Å². The molecule has 3 aromatic rings. The molecule has 0 spiro atoms. The third kappa shape index (κ3) is 3.08. The van der Waals surface area contributed by atoms with E-state index in [4.69, 9.17) is 0 Å². The third-order valence-corrected chi connectivity index (χ3v) is 4.09. The van der Waals surface area contributed by atoms with Gasteiger partial charge in [0.15, 0.2) is 5.65 Å². The van der Waals surface area contributed by atoms with E-state index in [0.29, 0.717) is 11.6 Å². The number of carbonyl (C=O) groups excluding carboxylic acids is 1. The number of pyridine rings is 1. The topological polar surface area (TPSA) is 89.1 Å². The molecule has 0 unspecified atom stereocenters. The maximum Gasteiger partial charge on any atom is 0.321 e. The van der Waals surface area contributed by atoms with Gasteiger partial charge in [-0.05, 0) is 44.9 Å². The lowest BCUT2D eigenvalue weighted by molar-refractivity contribution is 0.249. The van der Waals surface area contributed by atoms with Crippen molar-refractivity contribution in [1.82, 2.24) is 29.7 Å². The summed E-state index contributed by atoms with van der Waals surface area (Å²) in [6.45, 7) is 5.98. The second-order valence-corrected chi connectivity index (χ2v) is 5.93.